The van der Waals surface area contributed by atoms with Gasteiger partial charge in [-0.05, 0) is 48.9 Å². The van der Waals surface area contributed by atoms with Gasteiger partial charge in [-0.15, -0.1) is 0 Å². The van der Waals surface area contributed by atoms with Crippen LogP contribution in [0.25, 0.3) is 0 Å². The third-order valence-electron chi connectivity index (χ3n) is 4.60. The van der Waals surface area contributed by atoms with Gasteiger partial charge in [0, 0.05) is 31.2 Å². The number of para-hydroxylation sites is 2. The Hall–Kier alpha value is -3.80. The van der Waals surface area contributed by atoms with E-state index in [1.165, 1.54) is 9.80 Å². The fourth-order valence-electron chi connectivity index (χ4n) is 2.85. The summed E-state index contributed by atoms with van der Waals surface area (Å²) in [6.45, 7) is 1.93. The van der Waals surface area contributed by atoms with Crippen molar-refractivity contribution in [3.8, 4) is 0 Å². The highest BCUT2D eigenvalue weighted by atomic mass is 16.2. The summed E-state index contributed by atoms with van der Waals surface area (Å²) in [4.78, 5) is 28.3. The smallest absolute Gasteiger partial charge is 0.308 e. The molecule has 3 aromatic carbocycles. The van der Waals surface area contributed by atoms with Crippen LogP contribution in [0.2, 0.25) is 0 Å². The summed E-state index contributed by atoms with van der Waals surface area (Å²) in [6, 6.07) is 23.6. The highest BCUT2D eigenvalue weighted by Gasteiger charge is 2.17. The van der Waals surface area contributed by atoms with Crippen LogP contribution in [-0.2, 0) is 0 Å². The van der Waals surface area contributed by atoms with Gasteiger partial charge in [0.2, 0.25) is 0 Å². The van der Waals surface area contributed by atoms with Gasteiger partial charge in [0.25, 0.3) is 0 Å². The van der Waals surface area contributed by atoms with E-state index in [0.29, 0.717) is 5.69 Å². The highest BCUT2D eigenvalue weighted by Crippen LogP contribution is 2.26. The van der Waals surface area contributed by atoms with Crippen LogP contribution in [0.3, 0.4) is 0 Å². The van der Waals surface area contributed by atoms with Crippen molar-refractivity contribution in [3.05, 3.63) is 84.4 Å². The molecule has 0 saturated carbocycles. The lowest BCUT2D eigenvalue weighted by atomic mass is 10.1. The van der Waals surface area contributed by atoms with Gasteiger partial charge in [-0.2, -0.15) is 0 Å². The van der Waals surface area contributed by atoms with E-state index in [-0.39, 0.29) is 12.1 Å². The minimum absolute atomic E-state index is 0.257. The molecule has 0 heterocycles. The minimum Gasteiger partial charge on any atom is -0.308 e. The summed E-state index contributed by atoms with van der Waals surface area (Å²) in [5.41, 5.74) is 3.76. The van der Waals surface area contributed by atoms with Crippen LogP contribution >= 0.6 is 0 Å². The Morgan fingerprint density at radius 1 is 0.690 bits per heavy atom. The van der Waals surface area contributed by atoms with Gasteiger partial charge < -0.3 is 10.6 Å². The zero-order valence-corrected chi connectivity index (χ0v) is 16.7. The maximum absolute atomic E-state index is 12.6. The molecule has 0 aliphatic carbocycles. The first-order valence-electron chi connectivity index (χ1n) is 9.26. The van der Waals surface area contributed by atoms with E-state index >= 15 is 0 Å². The summed E-state index contributed by atoms with van der Waals surface area (Å²) in [6.07, 6.45) is 0. The molecule has 0 aromatic heterocycles. The van der Waals surface area contributed by atoms with Crippen LogP contribution in [0.15, 0.2) is 78.9 Å². The number of hydrogen-bond acceptors (Lipinski definition) is 2. The van der Waals surface area contributed by atoms with E-state index in [1.807, 2.05) is 85.8 Å². The maximum Gasteiger partial charge on any atom is 0.326 e. The van der Waals surface area contributed by atoms with Crippen molar-refractivity contribution >= 4 is 34.8 Å². The number of nitrogens with zero attached hydrogens (tertiary/aromatic N) is 2. The third kappa shape index (κ3) is 4.93. The van der Waals surface area contributed by atoms with E-state index in [9.17, 15) is 9.59 Å². The molecule has 0 unspecified atom stereocenters. The van der Waals surface area contributed by atoms with E-state index in [1.54, 1.807) is 14.1 Å². The number of aryl methyl sites for hydroxylation is 1. The topological polar surface area (TPSA) is 64.7 Å². The van der Waals surface area contributed by atoms with Gasteiger partial charge >= 0.3 is 12.1 Å². The van der Waals surface area contributed by atoms with E-state index in [4.69, 9.17) is 0 Å². The standard InChI is InChI=1S/C23H24N4O2/c1-17-14-15-20(26(2)22(28)24-18-10-6-4-7-11-18)16-21(17)27(3)23(29)25-19-12-8-5-9-13-19/h4-16H,1-3H3,(H,24,28)(H,25,29). The van der Waals surface area contributed by atoms with Gasteiger partial charge in [0.15, 0.2) is 0 Å². The quantitative estimate of drug-likeness (QED) is 0.634. The van der Waals surface area contributed by atoms with Crippen molar-refractivity contribution in [3.63, 3.8) is 0 Å². The summed E-state index contributed by atoms with van der Waals surface area (Å²) >= 11 is 0. The number of rotatable bonds is 4. The van der Waals surface area contributed by atoms with Crippen molar-refractivity contribution in [2.75, 3.05) is 34.5 Å². The van der Waals surface area contributed by atoms with Crippen molar-refractivity contribution in [2.45, 2.75) is 6.92 Å². The lowest BCUT2D eigenvalue weighted by Gasteiger charge is -2.24. The molecule has 148 valence electrons. The van der Waals surface area contributed by atoms with Crippen LogP contribution < -0.4 is 20.4 Å². The predicted molar refractivity (Wildman–Crippen MR) is 119 cm³/mol. The average Bonchev–Trinajstić information content (AvgIpc) is 2.74. The number of nitrogens with one attached hydrogen (secondary N) is 2. The Kier molecular flexibility index (Phi) is 6.14. The third-order valence-corrected chi connectivity index (χ3v) is 4.60. The normalized spacial score (nSPS) is 10.2. The lowest BCUT2D eigenvalue weighted by Crippen LogP contribution is -2.33. The summed E-state index contributed by atoms with van der Waals surface area (Å²) < 4.78 is 0. The van der Waals surface area contributed by atoms with E-state index in [0.717, 1.165) is 22.6 Å². The molecule has 0 saturated heterocycles. The van der Waals surface area contributed by atoms with Crippen LogP contribution in [-0.4, -0.2) is 26.2 Å². The zero-order valence-electron chi connectivity index (χ0n) is 16.7. The average molecular weight is 388 g/mol. The summed E-state index contributed by atoms with van der Waals surface area (Å²) in [5, 5.41) is 5.72. The molecule has 0 radical (unpaired) electrons. The summed E-state index contributed by atoms with van der Waals surface area (Å²) in [5.74, 6) is 0. The molecule has 6 heteroatoms. The molecular weight excluding hydrogens is 364 g/mol. The van der Waals surface area contributed by atoms with Gasteiger partial charge in [0.05, 0.1) is 5.69 Å². The van der Waals surface area contributed by atoms with Gasteiger partial charge in [-0.25, -0.2) is 9.59 Å². The number of amides is 4. The zero-order chi connectivity index (χ0) is 20.8. The monoisotopic (exact) mass is 388 g/mol. The Morgan fingerprint density at radius 3 is 1.69 bits per heavy atom. The highest BCUT2D eigenvalue weighted by molar-refractivity contribution is 6.04. The second-order valence-corrected chi connectivity index (χ2v) is 6.68. The maximum atomic E-state index is 12.6. The number of anilines is 4. The number of carbonyl (C=O) groups excluding carboxylic acids is 2. The molecule has 4 amide bonds. The second-order valence-electron chi connectivity index (χ2n) is 6.68. The fourth-order valence-corrected chi connectivity index (χ4v) is 2.85. The Bertz CT molecular complexity index is 990. The summed E-state index contributed by atoms with van der Waals surface area (Å²) in [7, 11) is 3.39. The Morgan fingerprint density at radius 2 is 1.17 bits per heavy atom. The first-order chi connectivity index (χ1) is 14.0. The predicted octanol–water partition coefficient (Wildman–Crippen LogP) is 5.33. The SMILES string of the molecule is Cc1ccc(N(C)C(=O)Nc2ccccc2)cc1N(C)C(=O)Nc1ccccc1. The first kappa shape index (κ1) is 19.9. The molecule has 0 fully saturated rings. The molecule has 3 aromatic rings. The Labute approximate surface area is 170 Å². The molecule has 0 spiro atoms. The lowest BCUT2D eigenvalue weighted by molar-refractivity contribution is 0.257. The number of hydrogen-bond donors (Lipinski definition) is 2. The fraction of sp³-hybridized carbons (Fsp3) is 0.130. The molecule has 0 aliphatic heterocycles. The molecular formula is C23H24N4O2. The van der Waals surface area contributed by atoms with Crippen molar-refractivity contribution < 1.29 is 9.59 Å². The molecule has 6 nitrogen and oxygen atoms in total. The van der Waals surface area contributed by atoms with Crippen molar-refractivity contribution in [2.24, 2.45) is 0 Å². The van der Waals surface area contributed by atoms with Crippen LogP contribution in [0.1, 0.15) is 5.56 Å². The molecule has 0 atom stereocenters. The molecule has 29 heavy (non-hydrogen) atoms. The van der Waals surface area contributed by atoms with Gasteiger partial charge in [0.1, 0.15) is 0 Å². The Balaban J connectivity index is 1.76. The van der Waals surface area contributed by atoms with E-state index < -0.39 is 0 Å². The number of benzene rings is 3. The molecule has 0 aliphatic rings. The van der Waals surface area contributed by atoms with Crippen LogP contribution in [0, 0.1) is 6.92 Å². The largest absolute Gasteiger partial charge is 0.326 e. The second kappa shape index (κ2) is 8.93. The molecule has 0 bridgehead atoms. The van der Waals surface area contributed by atoms with Gasteiger partial charge in [-0.3, -0.25) is 9.80 Å². The van der Waals surface area contributed by atoms with E-state index in [2.05, 4.69) is 10.6 Å². The van der Waals surface area contributed by atoms with Gasteiger partial charge in [-0.1, -0.05) is 42.5 Å². The number of carbonyl (C=O) groups is 2. The molecule has 3 rings (SSSR count). The first-order valence-corrected chi connectivity index (χ1v) is 9.26. The molecule has 2 N–H and O–H groups in total. The van der Waals surface area contributed by atoms with Crippen molar-refractivity contribution in [1.29, 1.82) is 0 Å². The minimum atomic E-state index is -0.262. The van der Waals surface area contributed by atoms with Crippen molar-refractivity contribution in [1.82, 2.24) is 0 Å². The number of urea groups is 2. The van der Waals surface area contributed by atoms with Crippen LogP contribution in [0.4, 0.5) is 32.3 Å². The van der Waals surface area contributed by atoms with Crippen LogP contribution in [0.5, 0.6) is 0 Å².